The quantitative estimate of drug-likeness (QED) is 0.847. The number of carbonyl (C=O) groups is 1. The van der Waals surface area contributed by atoms with Crippen molar-refractivity contribution in [2.45, 2.75) is 52.2 Å². The first-order valence-electron chi connectivity index (χ1n) is 7.88. The smallest absolute Gasteiger partial charge is 0.239 e. The molecule has 1 aromatic carbocycles. The number of amides is 1. The second-order valence-corrected chi connectivity index (χ2v) is 6.17. The van der Waals surface area contributed by atoms with Gasteiger partial charge in [0.25, 0.3) is 0 Å². The fraction of sp³-hybridized carbons (Fsp3) is 0.588. The first-order valence-corrected chi connectivity index (χ1v) is 7.88. The van der Waals surface area contributed by atoms with Crippen molar-refractivity contribution in [2.75, 3.05) is 18.8 Å². The predicted octanol–water partition coefficient (Wildman–Crippen LogP) is 2.49. The van der Waals surface area contributed by atoms with E-state index in [1.165, 1.54) is 0 Å². The normalized spacial score (nSPS) is 16.7. The average molecular weight is 289 g/mol. The summed E-state index contributed by atoms with van der Waals surface area (Å²) in [5, 5.41) is 0. The number of benzene rings is 1. The van der Waals surface area contributed by atoms with Crippen LogP contribution in [0.5, 0.6) is 0 Å². The molecule has 0 bridgehead atoms. The van der Waals surface area contributed by atoms with Gasteiger partial charge in [0, 0.05) is 31.4 Å². The van der Waals surface area contributed by atoms with Crippen LogP contribution in [0.2, 0.25) is 0 Å². The van der Waals surface area contributed by atoms with E-state index in [2.05, 4.69) is 18.7 Å². The molecule has 1 saturated heterocycles. The Morgan fingerprint density at radius 1 is 1.24 bits per heavy atom. The molecule has 2 N–H and O–H groups in total. The van der Waals surface area contributed by atoms with Gasteiger partial charge in [-0.05, 0) is 45.2 Å². The number of nitrogens with zero attached hydrogens (tertiary/aromatic N) is 2. The zero-order valence-electron chi connectivity index (χ0n) is 13.4. The highest BCUT2D eigenvalue weighted by atomic mass is 16.2. The van der Waals surface area contributed by atoms with Crippen LogP contribution < -0.4 is 5.73 Å². The molecular formula is C17H27N3O. The highest BCUT2D eigenvalue weighted by Gasteiger charge is 2.29. The van der Waals surface area contributed by atoms with Gasteiger partial charge in [0.15, 0.2) is 0 Å². The SMILES string of the molecule is CC(C)N(Cc1ccccc1N)C(C)C(=O)N1CCCC1. The van der Waals surface area contributed by atoms with E-state index in [0.29, 0.717) is 12.6 Å². The van der Waals surface area contributed by atoms with Crippen molar-refractivity contribution in [1.82, 2.24) is 9.80 Å². The standard InChI is InChI=1S/C17H27N3O/c1-13(2)20(12-15-8-4-5-9-16(15)18)14(3)17(21)19-10-6-7-11-19/h4-5,8-9,13-14H,6-7,10-12,18H2,1-3H3. The number of hydrogen-bond acceptors (Lipinski definition) is 3. The van der Waals surface area contributed by atoms with E-state index in [4.69, 9.17) is 5.73 Å². The summed E-state index contributed by atoms with van der Waals surface area (Å²) in [6.07, 6.45) is 2.26. The van der Waals surface area contributed by atoms with Crippen LogP contribution in [0.3, 0.4) is 0 Å². The third-order valence-corrected chi connectivity index (χ3v) is 4.34. The molecule has 0 aliphatic carbocycles. The Kier molecular flexibility index (Phi) is 5.23. The van der Waals surface area contributed by atoms with Gasteiger partial charge in [0.2, 0.25) is 5.91 Å². The number of anilines is 1. The molecule has 1 aromatic rings. The summed E-state index contributed by atoms with van der Waals surface area (Å²) in [5.74, 6) is 0.246. The average Bonchev–Trinajstić information content (AvgIpc) is 2.98. The lowest BCUT2D eigenvalue weighted by molar-refractivity contribution is -0.136. The Morgan fingerprint density at radius 3 is 2.43 bits per heavy atom. The molecule has 21 heavy (non-hydrogen) atoms. The summed E-state index contributed by atoms with van der Waals surface area (Å²) in [4.78, 5) is 16.8. The van der Waals surface area contributed by atoms with Gasteiger partial charge in [-0.1, -0.05) is 18.2 Å². The highest BCUT2D eigenvalue weighted by molar-refractivity contribution is 5.81. The zero-order chi connectivity index (χ0) is 15.4. The molecule has 1 aliphatic heterocycles. The third-order valence-electron chi connectivity index (χ3n) is 4.34. The van der Waals surface area contributed by atoms with Gasteiger partial charge in [0.1, 0.15) is 0 Å². The lowest BCUT2D eigenvalue weighted by atomic mass is 10.1. The molecule has 1 aliphatic rings. The molecule has 0 saturated carbocycles. The molecule has 1 amide bonds. The van der Waals surface area contributed by atoms with Crippen molar-refractivity contribution in [1.29, 1.82) is 0 Å². The summed E-state index contributed by atoms with van der Waals surface area (Å²) in [5.41, 5.74) is 7.93. The lowest BCUT2D eigenvalue weighted by Gasteiger charge is -2.34. The monoisotopic (exact) mass is 289 g/mol. The molecule has 4 nitrogen and oxygen atoms in total. The van der Waals surface area contributed by atoms with E-state index in [1.54, 1.807) is 0 Å². The van der Waals surface area contributed by atoms with E-state index in [9.17, 15) is 4.79 Å². The fourth-order valence-electron chi connectivity index (χ4n) is 2.99. The highest BCUT2D eigenvalue weighted by Crippen LogP contribution is 2.19. The summed E-state index contributed by atoms with van der Waals surface area (Å²) in [6, 6.07) is 8.08. The zero-order valence-corrected chi connectivity index (χ0v) is 13.4. The van der Waals surface area contributed by atoms with Gasteiger partial charge in [-0.3, -0.25) is 9.69 Å². The van der Waals surface area contributed by atoms with Gasteiger partial charge in [-0.25, -0.2) is 0 Å². The van der Waals surface area contributed by atoms with Crippen molar-refractivity contribution in [3.8, 4) is 0 Å². The first-order chi connectivity index (χ1) is 10.0. The van der Waals surface area contributed by atoms with E-state index in [0.717, 1.165) is 37.2 Å². The maximum absolute atomic E-state index is 12.6. The minimum Gasteiger partial charge on any atom is -0.398 e. The molecule has 1 unspecified atom stereocenters. The Labute approximate surface area is 127 Å². The molecule has 0 spiro atoms. The predicted molar refractivity (Wildman–Crippen MR) is 86.8 cm³/mol. The van der Waals surface area contributed by atoms with E-state index >= 15 is 0 Å². The van der Waals surface area contributed by atoms with Crippen LogP contribution in [-0.2, 0) is 11.3 Å². The molecular weight excluding hydrogens is 262 g/mol. The lowest BCUT2D eigenvalue weighted by Crippen LogP contribution is -2.48. The number of rotatable bonds is 5. The number of nitrogens with two attached hydrogens (primary N) is 1. The number of likely N-dealkylation sites (tertiary alicyclic amines) is 1. The third kappa shape index (κ3) is 3.76. The van der Waals surface area contributed by atoms with Crippen LogP contribution in [0.25, 0.3) is 0 Å². The molecule has 1 atom stereocenters. The second-order valence-electron chi connectivity index (χ2n) is 6.17. The van der Waals surface area contributed by atoms with E-state index in [-0.39, 0.29) is 11.9 Å². The fourth-order valence-corrected chi connectivity index (χ4v) is 2.99. The summed E-state index contributed by atoms with van der Waals surface area (Å²) >= 11 is 0. The molecule has 1 fully saturated rings. The van der Waals surface area contributed by atoms with Crippen LogP contribution in [0, 0.1) is 0 Å². The molecule has 116 valence electrons. The number of hydrogen-bond donors (Lipinski definition) is 1. The maximum atomic E-state index is 12.6. The molecule has 4 heteroatoms. The van der Waals surface area contributed by atoms with E-state index in [1.807, 2.05) is 36.1 Å². The summed E-state index contributed by atoms with van der Waals surface area (Å²) < 4.78 is 0. The Morgan fingerprint density at radius 2 is 1.86 bits per heavy atom. The van der Waals surface area contributed by atoms with Crippen molar-refractivity contribution in [3.05, 3.63) is 29.8 Å². The minimum atomic E-state index is -0.109. The van der Waals surface area contributed by atoms with Crippen LogP contribution in [-0.4, -0.2) is 40.9 Å². The summed E-state index contributed by atoms with van der Waals surface area (Å²) in [7, 11) is 0. The van der Waals surface area contributed by atoms with Gasteiger partial charge in [0.05, 0.1) is 6.04 Å². The second kappa shape index (κ2) is 6.94. The topological polar surface area (TPSA) is 49.6 Å². The van der Waals surface area contributed by atoms with Crippen molar-refractivity contribution < 1.29 is 4.79 Å². The largest absolute Gasteiger partial charge is 0.398 e. The number of para-hydroxylation sites is 1. The van der Waals surface area contributed by atoms with Crippen molar-refractivity contribution in [3.63, 3.8) is 0 Å². The van der Waals surface area contributed by atoms with Crippen LogP contribution in [0.4, 0.5) is 5.69 Å². The van der Waals surface area contributed by atoms with Crippen molar-refractivity contribution >= 4 is 11.6 Å². The van der Waals surface area contributed by atoms with Gasteiger partial charge in [-0.15, -0.1) is 0 Å². The number of nitrogen functional groups attached to an aromatic ring is 1. The van der Waals surface area contributed by atoms with Crippen LogP contribution >= 0.6 is 0 Å². The van der Waals surface area contributed by atoms with Gasteiger partial charge >= 0.3 is 0 Å². The minimum absolute atomic E-state index is 0.109. The summed E-state index contributed by atoms with van der Waals surface area (Å²) in [6.45, 7) is 8.80. The van der Waals surface area contributed by atoms with Crippen molar-refractivity contribution in [2.24, 2.45) is 0 Å². The maximum Gasteiger partial charge on any atom is 0.239 e. The Balaban J connectivity index is 2.11. The van der Waals surface area contributed by atoms with E-state index < -0.39 is 0 Å². The van der Waals surface area contributed by atoms with Crippen LogP contribution in [0.1, 0.15) is 39.2 Å². The van der Waals surface area contributed by atoms with Crippen LogP contribution in [0.15, 0.2) is 24.3 Å². The molecule has 2 rings (SSSR count). The Hall–Kier alpha value is -1.55. The molecule has 1 heterocycles. The number of carbonyl (C=O) groups excluding carboxylic acids is 1. The van der Waals surface area contributed by atoms with Gasteiger partial charge in [-0.2, -0.15) is 0 Å². The molecule has 0 aromatic heterocycles. The molecule has 0 radical (unpaired) electrons. The first kappa shape index (κ1) is 15.8. The van der Waals surface area contributed by atoms with Gasteiger partial charge < -0.3 is 10.6 Å². The Bertz CT molecular complexity index is 481.